The van der Waals surface area contributed by atoms with E-state index in [2.05, 4.69) is 34.7 Å². The average molecular weight is 501 g/mol. The first kappa shape index (κ1) is 22.7. The third-order valence-corrected chi connectivity index (χ3v) is 9.89. The van der Waals surface area contributed by atoms with Crippen molar-refractivity contribution in [2.45, 2.75) is 69.9 Å². The Morgan fingerprint density at radius 1 is 1.11 bits per heavy atom. The number of aromatic nitrogens is 4. The minimum atomic E-state index is -0.452. The Hall–Kier alpha value is -3.48. The van der Waals surface area contributed by atoms with Gasteiger partial charge in [0.15, 0.2) is 0 Å². The molecule has 2 atom stereocenters. The molecule has 10 nitrogen and oxygen atoms in total. The van der Waals surface area contributed by atoms with E-state index in [0.717, 1.165) is 68.2 Å². The van der Waals surface area contributed by atoms with E-state index in [1.54, 1.807) is 19.4 Å². The molecule has 192 valence electrons. The Morgan fingerprint density at radius 2 is 1.84 bits per heavy atom. The fraction of sp³-hybridized carbons (Fsp3) is 0.630. The van der Waals surface area contributed by atoms with Crippen LogP contribution in [0.5, 0.6) is 0 Å². The molecule has 5 fully saturated rings. The van der Waals surface area contributed by atoms with Gasteiger partial charge in [0.25, 0.3) is 0 Å². The van der Waals surface area contributed by atoms with Gasteiger partial charge in [-0.25, -0.2) is 14.8 Å². The number of anilines is 3. The van der Waals surface area contributed by atoms with Crippen LogP contribution in [-0.2, 0) is 17.3 Å². The molecule has 4 saturated carbocycles. The molecule has 2 aliphatic heterocycles. The van der Waals surface area contributed by atoms with Crippen LogP contribution in [0.3, 0.4) is 0 Å². The summed E-state index contributed by atoms with van der Waals surface area (Å²) in [5.74, 6) is 3.32. The monoisotopic (exact) mass is 500 g/mol. The molecule has 8 rings (SSSR count). The van der Waals surface area contributed by atoms with Gasteiger partial charge in [-0.15, -0.1) is 0 Å². The van der Waals surface area contributed by atoms with Crippen molar-refractivity contribution in [1.29, 1.82) is 5.26 Å². The highest BCUT2D eigenvalue weighted by atomic mass is 16.2. The van der Waals surface area contributed by atoms with Gasteiger partial charge in [-0.05, 0) is 51.9 Å². The highest BCUT2D eigenvalue weighted by Crippen LogP contribution is 2.65. The van der Waals surface area contributed by atoms with Crippen molar-refractivity contribution in [1.82, 2.24) is 24.4 Å². The molecule has 4 heterocycles. The molecule has 2 bridgehead atoms. The zero-order valence-corrected chi connectivity index (χ0v) is 21.6. The van der Waals surface area contributed by atoms with Crippen LogP contribution in [0.2, 0.25) is 0 Å². The van der Waals surface area contributed by atoms with Crippen molar-refractivity contribution in [3.05, 3.63) is 34.1 Å². The Morgan fingerprint density at radius 3 is 2.46 bits per heavy atom. The predicted octanol–water partition coefficient (Wildman–Crippen LogP) is 2.24. The number of nitriles is 1. The van der Waals surface area contributed by atoms with Crippen LogP contribution in [-0.4, -0.2) is 62.0 Å². The minimum Gasteiger partial charge on any atom is -0.350 e. The van der Waals surface area contributed by atoms with E-state index in [1.165, 1.54) is 4.57 Å². The summed E-state index contributed by atoms with van der Waals surface area (Å²) in [7, 11) is 1.56. The lowest BCUT2D eigenvalue weighted by Gasteiger charge is -2.62. The fourth-order valence-corrected chi connectivity index (χ4v) is 7.44. The molecule has 4 aliphatic carbocycles. The molecule has 2 aromatic heterocycles. The molecular weight excluding hydrogens is 468 g/mol. The fourth-order valence-electron chi connectivity index (χ4n) is 7.44. The molecule has 1 amide bonds. The Kier molecular flexibility index (Phi) is 4.62. The standard InChI is InChI=1S/C27H32N8O2/c1-16-13-34(24(36)27-8-18(9-27)10-27)17(2)12-33(16)22-21-23(30-15-29-22)35(14-26(21)5-4-6-26)20-7-19(11-28)32(3)25(37)31-20/h7,15-18H,4-6,8-10,12-14H2,1-3H3/t16-,17+,18?,27?/m0/s1. The van der Waals surface area contributed by atoms with E-state index in [9.17, 15) is 14.9 Å². The number of rotatable bonds is 3. The minimum absolute atomic E-state index is 0.0600. The molecule has 0 unspecified atom stereocenters. The smallest absolute Gasteiger partial charge is 0.350 e. The first-order valence-corrected chi connectivity index (χ1v) is 13.4. The van der Waals surface area contributed by atoms with Crippen LogP contribution in [0.1, 0.15) is 63.6 Å². The van der Waals surface area contributed by atoms with Gasteiger partial charge in [-0.1, -0.05) is 6.42 Å². The summed E-state index contributed by atoms with van der Waals surface area (Å²) in [5, 5.41) is 9.55. The van der Waals surface area contributed by atoms with Crippen LogP contribution >= 0.6 is 0 Å². The quantitative estimate of drug-likeness (QED) is 0.631. The van der Waals surface area contributed by atoms with Gasteiger partial charge >= 0.3 is 5.69 Å². The molecule has 0 radical (unpaired) electrons. The second kappa shape index (κ2) is 7.53. The topological polar surface area (TPSA) is 111 Å². The van der Waals surface area contributed by atoms with E-state index in [-0.39, 0.29) is 28.6 Å². The van der Waals surface area contributed by atoms with Crippen LogP contribution in [0.25, 0.3) is 0 Å². The van der Waals surface area contributed by atoms with Crippen LogP contribution in [0.15, 0.2) is 17.2 Å². The molecule has 6 aliphatic rings. The molecule has 37 heavy (non-hydrogen) atoms. The summed E-state index contributed by atoms with van der Waals surface area (Å²) in [6.07, 6.45) is 8.02. The first-order chi connectivity index (χ1) is 17.7. The van der Waals surface area contributed by atoms with Crippen LogP contribution in [0.4, 0.5) is 17.5 Å². The number of piperazine rings is 1. The first-order valence-electron chi connectivity index (χ1n) is 13.4. The maximum absolute atomic E-state index is 13.4. The zero-order valence-electron chi connectivity index (χ0n) is 21.6. The number of fused-ring (bicyclic) bond motifs is 2. The van der Waals surface area contributed by atoms with Crippen molar-refractivity contribution in [3.8, 4) is 6.07 Å². The number of nitrogens with zero attached hydrogens (tertiary/aromatic N) is 8. The van der Waals surface area contributed by atoms with E-state index < -0.39 is 5.69 Å². The van der Waals surface area contributed by atoms with Crippen LogP contribution < -0.4 is 15.5 Å². The maximum Gasteiger partial charge on any atom is 0.350 e. The Labute approximate surface area is 215 Å². The SMILES string of the molecule is C[C@@H]1CN(c2ncnc3c2C2(CCC2)CN3c2cc(C#N)n(C)c(=O)n2)[C@@H](C)CN1C(=O)C12CC(C1)C2. The van der Waals surface area contributed by atoms with Crippen molar-refractivity contribution >= 4 is 23.4 Å². The van der Waals surface area contributed by atoms with Gasteiger partial charge in [0.1, 0.15) is 35.5 Å². The highest BCUT2D eigenvalue weighted by Gasteiger charge is 2.63. The summed E-state index contributed by atoms with van der Waals surface area (Å²) in [5.41, 5.74) is 0.790. The summed E-state index contributed by atoms with van der Waals surface area (Å²) < 4.78 is 1.27. The number of amides is 1. The number of carbonyl (C=O) groups excluding carboxylic acids is 1. The molecule has 2 aromatic rings. The highest BCUT2D eigenvalue weighted by molar-refractivity contribution is 5.86. The maximum atomic E-state index is 13.4. The molecule has 1 spiro atoms. The van der Waals surface area contributed by atoms with Gasteiger partial charge in [-0.2, -0.15) is 10.2 Å². The molecule has 1 saturated heterocycles. The van der Waals surface area contributed by atoms with Gasteiger partial charge in [-0.3, -0.25) is 9.36 Å². The number of hydrogen-bond donors (Lipinski definition) is 0. The molecule has 0 N–H and O–H groups in total. The van der Waals surface area contributed by atoms with Crippen LogP contribution in [0, 0.1) is 22.7 Å². The lowest BCUT2D eigenvalue weighted by Crippen LogP contribution is -2.67. The van der Waals surface area contributed by atoms with E-state index in [1.807, 2.05) is 4.90 Å². The number of hydrogen-bond acceptors (Lipinski definition) is 8. The third kappa shape index (κ3) is 3.00. The summed E-state index contributed by atoms with van der Waals surface area (Å²) in [4.78, 5) is 46.2. The summed E-state index contributed by atoms with van der Waals surface area (Å²) >= 11 is 0. The molecule has 10 heteroatoms. The second-order valence-electron chi connectivity index (χ2n) is 12.1. The van der Waals surface area contributed by atoms with Gasteiger partial charge in [0, 0.05) is 55.8 Å². The zero-order chi connectivity index (χ0) is 25.7. The molecule has 0 aromatic carbocycles. The van der Waals surface area contributed by atoms with Gasteiger partial charge in [0.2, 0.25) is 5.91 Å². The van der Waals surface area contributed by atoms with Crippen molar-refractivity contribution < 1.29 is 4.79 Å². The Balaban J connectivity index is 1.25. The number of carbonyl (C=O) groups is 1. The third-order valence-electron chi connectivity index (χ3n) is 9.89. The lowest BCUT2D eigenvalue weighted by molar-refractivity contribution is -0.179. The Bertz CT molecular complexity index is 1410. The van der Waals surface area contributed by atoms with E-state index in [4.69, 9.17) is 9.97 Å². The second-order valence-corrected chi connectivity index (χ2v) is 12.1. The van der Waals surface area contributed by atoms with E-state index in [0.29, 0.717) is 24.8 Å². The summed E-state index contributed by atoms with van der Waals surface area (Å²) in [6.45, 7) is 6.44. The van der Waals surface area contributed by atoms with Gasteiger partial charge < -0.3 is 14.7 Å². The summed E-state index contributed by atoms with van der Waals surface area (Å²) in [6, 6.07) is 4.01. The lowest BCUT2D eigenvalue weighted by atomic mass is 9.44. The van der Waals surface area contributed by atoms with Crippen molar-refractivity contribution in [3.63, 3.8) is 0 Å². The van der Waals surface area contributed by atoms with Crippen molar-refractivity contribution in [2.24, 2.45) is 18.4 Å². The van der Waals surface area contributed by atoms with Gasteiger partial charge in [0.05, 0.1) is 5.41 Å². The molecular formula is C27H32N8O2. The average Bonchev–Trinajstić information content (AvgIpc) is 3.16. The predicted molar refractivity (Wildman–Crippen MR) is 137 cm³/mol. The normalized spacial score (nSPS) is 30.8. The largest absolute Gasteiger partial charge is 0.350 e. The van der Waals surface area contributed by atoms with Crippen molar-refractivity contribution in [2.75, 3.05) is 29.4 Å². The van der Waals surface area contributed by atoms with E-state index >= 15 is 0 Å².